The van der Waals surface area contributed by atoms with Crippen LogP contribution in [0.4, 0.5) is 45.2 Å². The van der Waals surface area contributed by atoms with Gasteiger partial charge in [-0.15, -0.1) is 0 Å². The zero-order chi connectivity index (χ0) is 28.1. The van der Waals surface area contributed by atoms with Crippen molar-refractivity contribution in [3.63, 3.8) is 0 Å². The minimum absolute atomic E-state index is 0.171. The van der Waals surface area contributed by atoms with Crippen LogP contribution in [0, 0.1) is 8.78 Å². The van der Waals surface area contributed by atoms with Crippen LogP contribution in [0.2, 0.25) is 0 Å². The zero-order valence-electron chi connectivity index (χ0n) is 17.5. The molecule has 1 unspecified atom stereocenters. The van der Waals surface area contributed by atoms with E-state index >= 15 is 0 Å². The first-order valence-electron chi connectivity index (χ1n) is 9.46. The fourth-order valence-corrected chi connectivity index (χ4v) is 5.29. The van der Waals surface area contributed by atoms with Gasteiger partial charge in [-0.25, -0.2) is 17.6 Å². The van der Waals surface area contributed by atoms with Crippen LogP contribution in [0.1, 0.15) is 15.9 Å². The van der Waals surface area contributed by atoms with E-state index in [-0.39, 0.29) is 11.6 Å². The van der Waals surface area contributed by atoms with E-state index in [1.54, 1.807) is 6.07 Å². The smallest absolute Gasteiger partial charge is 0.435 e. The molecule has 1 amide bonds. The van der Waals surface area contributed by atoms with Gasteiger partial charge in [-0.3, -0.25) is 10.0 Å². The van der Waals surface area contributed by atoms with Gasteiger partial charge in [0.25, 0.3) is 0 Å². The maximum atomic E-state index is 14.6. The molecule has 3 rings (SSSR count). The number of hydrogen-bond acceptors (Lipinski definition) is 5. The Morgan fingerprint density at radius 2 is 1.57 bits per heavy atom. The van der Waals surface area contributed by atoms with Gasteiger partial charge in [-0.2, -0.15) is 35.1 Å². The highest BCUT2D eigenvalue weighted by Crippen LogP contribution is 2.54. The fourth-order valence-electron chi connectivity index (χ4n) is 3.26. The van der Waals surface area contributed by atoms with Crippen molar-refractivity contribution in [2.45, 2.75) is 28.7 Å². The number of halogens is 10. The first-order valence-corrected chi connectivity index (χ1v) is 12.1. The molecule has 0 saturated carbocycles. The molecule has 0 radical (unpaired) electrons. The predicted octanol–water partition coefficient (Wildman–Crippen LogP) is 4.98. The van der Waals surface area contributed by atoms with Crippen molar-refractivity contribution in [2.75, 3.05) is 0 Å². The summed E-state index contributed by atoms with van der Waals surface area (Å²) in [4.78, 5) is 14.6. The van der Waals surface area contributed by atoms with E-state index in [1.165, 1.54) is 18.3 Å². The van der Waals surface area contributed by atoms with Crippen LogP contribution in [-0.4, -0.2) is 37.4 Å². The highest BCUT2D eigenvalue weighted by Gasteiger charge is 2.73. The van der Waals surface area contributed by atoms with Crippen LogP contribution in [0.15, 0.2) is 53.6 Å². The van der Waals surface area contributed by atoms with E-state index in [2.05, 4.69) is 4.98 Å². The van der Waals surface area contributed by atoms with Gasteiger partial charge in [0.1, 0.15) is 4.90 Å². The molecular weight excluding hydrogens is 662 g/mol. The van der Waals surface area contributed by atoms with Gasteiger partial charge in [0.2, 0.25) is 9.84 Å². The van der Waals surface area contributed by atoms with Crippen molar-refractivity contribution in [3.8, 4) is 0 Å². The number of hydroxylamine groups is 1. The molecule has 1 heterocycles. The van der Waals surface area contributed by atoms with Crippen molar-refractivity contribution in [2.24, 2.45) is 0 Å². The number of nitrogens with zero attached hydrogens (tertiary/aromatic N) is 1. The summed E-state index contributed by atoms with van der Waals surface area (Å²) in [7, 11) is -6.12. The third-order valence-corrected chi connectivity index (χ3v) is 7.33. The number of amides is 1. The van der Waals surface area contributed by atoms with Crippen molar-refractivity contribution in [1.82, 2.24) is 4.98 Å². The lowest BCUT2D eigenvalue weighted by molar-refractivity contribution is -0.682. The Balaban J connectivity index is 2.29. The Morgan fingerprint density at radius 1 is 0.973 bits per heavy atom. The highest BCUT2D eigenvalue weighted by molar-refractivity contribution is 14.1. The number of sulfone groups is 1. The number of fused-ring (bicyclic) bond motifs is 1. The second-order valence-electron chi connectivity index (χ2n) is 7.36. The molecule has 2 aromatic carbocycles. The number of alkyl halides is 9. The Kier molecular flexibility index (Phi) is 7.59. The van der Waals surface area contributed by atoms with E-state index in [0.29, 0.717) is 5.39 Å². The predicted molar refractivity (Wildman–Crippen MR) is 117 cm³/mol. The average Bonchev–Trinajstić information content (AvgIpc) is 2.80. The molecule has 17 heteroatoms. The van der Waals surface area contributed by atoms with Crippen molar-refractivity contribution >= 4 is 54.9 Å². The van der Waals surface area contributed by atoms with Crippen molar-refractivity contribution in [1.29, 1.82) is 0 Å². The molecule has 0 aliphatic rings. The lowest BCUT2D eigenvalue weighted by atomic mass is 9.94. The Bertz CT molecular complexity index is 1460. The van der Waals surface area contributed by atoms with Gasteiger partial charge >= 0.3 is 29.7 Å². The summed E-state index contributed by atoms with van der Waals surface area (Å²) < 4.78 is 144. The fraction of sp³-hybridized carbons (Fsp3) is 0.200. The van der Waals surface area contributed by atoms with Gasteiger partial charge in [0.05, 0.1) is 14.7 Å². The number of benzene rings is 2. The molecule has 37 heavy (non-hydrogen) atoms. The molecule has 1 aromatic heterocycles. The van der Waals surface area contributed by atoms with Crippen LogP contribution in [0.3, 0.4) is 0 Å². The molecule has 0 bridgehead atoms. The monoisotopic (exact) mass is 672 g/mol. The molecule has 0 spiro atoms. The summed E-state index contributed by atoms with van der Waals surface area (Å²) in [6.07, 6.45) is -12.1. The second kappa shape index (κ2) is 9.66. The van der Waals surface area contributed by atoms with Crippen LogP contribution in [-0.2, 0) is 15.5 Å². The number of carbonyl (C=O) groups is 1. The number of nitrogens with one attached hydrogen (secondary N) is 1. The average molecular weight is 672 g/mol. The first-order chi connectivity index (χ1) is 16.8. The standard InChI is InChI=1S/C20H10F9IN2O4S/c21-17(22)37(35,36)14-8-11(18(23,19(24,25)26)20(27,28)29)7-12(30)15(14)32(34)16(33)10-4-3-9-2-1-5-31-13(9)6-10/h1-8,17,32H. The van der Waals surface area contributed by atoms with Gasteiger partial charge in [0, 0.05) is 17.1 Å². The summed E-state index contributed by atoms with van der Waals surface area (Å²) in [5, 5.41) is 11.6. The van der Waals surface area contributed by atoms with Crippen LogP contribution < -0.4 is 5.06 Å². The molecule has 0 aliphatic carbocycles. The van der Waals surface area contributed by atoms with Crippen LogP contribution in [0.5, 0.6) is 0 Å². The lowest BCUT2D eigenvalue weighted by Gasteiger charge is -2.31. The number of aromatic nitrogens is 1. The molecule has 1 N–H and O–H groups in total. The van der Waals surface area contributed by atoms with Gasteiger partial charge < -0.3 is 5.21 Å². The third-order valence-electron chi connectivity index (χ3n) is 5.08. The normalized spacial score (nSPS) is 14.3. The molecule has 6 nitrogen and oxygen atoms in total. The third kappa shape index (κ3) is 5.00. The first kappa shape index (κ1) is 29.1. The number of carbonyl (C=O) groups excluding carboxylic acids is 1. The van der Waals surface area contributed by atoms with Crippen LogP contribution in [0.25, 0.3) is 10.9 Å². The Labute approximate surface area is 214 Å². The van der Waals surface area contributed by atoms with E-state index < -0.39 is 75.9 Å². The van der Waals surface area contributed by atoms with E-state index in [4.69, 9.17) is 0 Å². The number of pyridine rings is 1. The van der Waals surface area contributed by atoms with Gasteiger partial charge in [-0.1, -0.05) is 12.1 Å². The number of rotatable bonds is 5. The number of hydrogen-bond donors (Lipinski definition) is 1. The zero-order valence-corrected chi connectivity index (χ0v) is 20.4. The Hall–Kier alpha value is -2.51. The molecular formula is C20H10F9IN2O4S. The summed E-state index contributed by atoms with van der Waals surface area (Å²) in [6, 6.07) is 5.72. The second-order valence-corrected chi connectivity index (χ2v) is 10.4. The highest BCUT2D eigenvalue weighted by atomic mass is 127. The largest absolute Gasteiger partial charge is 0.621 e. The maximum absolute atomic E-state index is 14.6. The van der Waals surface area contributed by atoms with E-state index in [0.717, 1.165) is 34.7 Å². The SMILES string of the molecule is O=C(c1ccc2cccnc2c1)[NH+]([O-])c1c(I)cc(C(F)(C(F)(F)F)C(F)(F)F)cc1S(=O)(=O)C(F)F. The summed E-state index contributed by atoms with van der Waals surface area (Å²) in [6.45, 7) is 0. The quantitative estimate of drug-likeness (QED) is 0.235. The van der Waals surface area contributed by atoms with E-state index in [9.17, 15) is 57.9 Å². The van der Waals surface area contributed by atoms with E-state index in [1.807, 2.05) is 0 Å². The lowest BCUT2D eigenvalue weighted by Crippen LogP contribution is -3.05. The van der Waals surface area contributed by atoms with Gasteiger partial charge in [-0.05, 0) is 52.9 Å². The maximum Gasteiger partial charge on any atom is 0.435 e. The minimum Gasteiger partial charge on any atom is -0.621 e. The molecule has 0 saturated heterocycles. The summed E-state index contributed by atoms with van der Waals surface area (Å²) in [5.41, 5.74) is -10.3. The molecule has 0 aliphatic heterocycles. The summed E-state index contributed by atoms with van der Waals surface area (Å²) >= 11 is 0.857. The van der Waals surface area contributed by atoms with Crippen molar-refractivity contribution in [3.05, 3.63) is 68.6 Å². The minimum atomic E-state index is -6.71. The molecule has 0 fully saturated rings. The number of quaternary nitrogens is 1. The molecule has 3 aromatic rings. The molecule has 1 atom stereocenters. The topological polar surface area (TPSA) is 91.6 Å². The van der Waals surface area contributed by atoms with Gasteiger partial charge in [0.15, 0.2) is 5.69 Å². The Morgan fingerprint density at radius 3 is 2.11 bits per heavy atom. The summed E-state index contributed by atoms with van der Waals surface area (Å²) in [5.74, 6) is -5.99. The van der Waals surface area contributed by atoms with Crippen molar-refractivity contribution < 1.29 is 57.8 Å². The van der Waals surface area contributed by atoms with Crippen LogP contribution >= 0.6 is 22.6 Å². The molecule has 200 valence electrons.